The summed E-state index contributed by atoms with van der Waals surface area (Å²) in [5.41, 5.74) is 0.972. The monoisotopic (exact) mass is 303 g/mol. The third-order valence-electron chi connectivity index (χ3n) is 2.25. The molecule has 0 radical (unpaired) electrons. The summed E-state index contributed by atoms with van der Waals surface area (Å²) in [6.45, 7) is 2.80. The van der Waals surface area contributed by atoms with E-state index in [2.05, 4.69) is 9.89 Å². The number of oxime groups is 1. The lowest BCUT2D eigenvalue weighted by atomic mass is 10.1. The Labute approximate surface area is 122 Å². The van der Waals surface area contributed by atoms with Gasteiger partial charge in [0.1, 0.15) is 6.10 Å². The second kappa shape index (κ2) is 8.77. The van der Waals surface area contributed by atoms with Gasteiger partial charge in [-0.15, -0.1) is 0 Å². The minimum atomic E-state index is 0.182. The fraction of sp³-hybridized carbons (Fsp3) is 0.385. The van der Waals surface area contributed by atoms with E-state index in [9.17, 15) is 4.79 Å². The Morgan fingerprint density at radius 3 is 2.58 bits per heavy atom. The second-order valence-electron chi connectivity index (χ2n) is 3.93. The van der Waals surface area contributed by atoms with E-state index in [1.807, 2.05) is 13.0 Å². The van der Waals surface area contributed by atoms with Crippen molar-refractivity contribution in [2.24, 2.45) is 5.16 Å². The summed E-state index contributed by atoms with van der Waals surface area (Å²) in [6.07, 6.45) is 1.71. The van der Waals surface area contributed by atoms with Crippen LogP contribution in [0.1, 0.15) is 19.8 Å². The maximum Gasteiger partial charge on any atom is 0.293 e. The van der Waals surface area contributed by atoms with E-state index in [1.165, 1.54) is 0 Å². The Hall–Kier alpha value is -1.26. The summed E-state index contributed by atoms with van der Waals surface area (Å²) in [7, 11) is 0. The molecule has 4 nitrogen and oxygen atoms in total. The number of hydrogen-bond donors (Lipinski definition) is 0. The Morgan fingerprint density at radius 2 is 2.16 bits per heavy atom. The molecule has 0 bridgehead atoms. The van der Waals surface area contributed by atoms with Crippen molar-refractivity contribution in [3.05, 3.63) is 34.3 Å². The summed E-state index contributed by atoms with van der Waals surface area (Å²) in [5, 5.41) is 5.17. The molecule has 0 fully saturated rings. The van der Waals surface area contributed by atoms with Crippen LogP contribution in [0.4, 0.5) is 0 Å². The van der Waals surface area contributed by atoms with Crippen LogP contribution in [0.3, 0.4) is 0 Å². The van der Waals surface area contributed by atoms with Gasteiger partial charge in [-0.25, -0.2) is 0 Å². The summed E-state index contributed by atoms with van der Waals surface area (Å²) < 4.78 is 4.51. The lowest BCUT2D eigenvalue weighted by Crippen LogP contribution is -2.04. The lowest BCUT2D eigenvalue weighted by Gasteiger charge is -1.96. The molecule has 1 heterocycles. The quantitative estimate of drug-likeness (QED) is 0.629. The molecule has 0 saturated carbocycles. The molecule has 1 aromatic rings. The highest BCUT2D eigenvalue weighted by atomic mass is 35.5. The van der Waals surface area contributed by atoms with Crippen molar-refractivity contribution in [3.63, 3.8) is 0 Å². The minimum absolute atomic E-state index is 0.182. The van der Waals surface area contributed by atoms with Crippen molar-refractivity contribution in [1.29, 1.82) is 0 Å². The smallest absolute Gasteiger partial charge is 0.293 e. The van der Waals surface area contributed by atoms with Gasteiger partial charge in [0.05, 0.1) is 12.3 Å². The molecule has 0 amide bonds. The van der Waals surface area contributed by atoms with Crippen molar-refractivity contribution in [2.45, 2.75) is 25.9 Å². The summed E-state index contributed by atoms with van der Waals surface area (Å²) in [6, 6.07) is 7.08. The molecular formula is C13H15Cl2NO3. The summed E-state index contributed by atoms with van der Waals surface area (Å²) >= 11 is 11.1. The van der Waals surface area contributed by atoms with Gasteiger partial charge in [0.15, 0.2) is 0 Å². The van der Waals surface area contributed by atoms with Crippen molar-refractivity contribution in [2.75, 3.05) is 6.61 Å². The van der Waals surface area contributed by atoms with Crippen LogP contribution in [0.15, 0.2) is 29.4 Å². The van der Waals surface area contributed by atoms with E-state index in [0.29, 0.717) is 29.5 Å². The first-order valence-corrected chi connectivity index (χ1v) is 6.55. The number of benzene rings is 1. The van der Waals surface area contributed by atoms with Crippen molar-refractivity contribution < 1.29 is 14.4 Å². The molecule has 6 heteroatoms. The normalized spacial score (nSPS) is 16.8. The highest BCUT2D eigenvalue weighted by Crippen LogP contribution is 2.14. The third kappa shape index (κ3) is 7.03. The fourth-order valence-electron chi connectivity index (χ4n) is 1.40. The number of carbonyl (C=O) groups is 1. The number of ether oxygens (including phenoxy) is 1. The predicted octanol–water partition coefficient (Wildman–Crippen LogP) is 3.71. The SMILES string of the molecule is CC1CC(CCOC=O)=NO1.Clc1cccc(Cl)c1. The van der Waals surface area contributed by atoms with Crippen LogP contribution in [-0.2, 0) is 14.4 Å². The first kappa shape index (κ1) is 15.8. The van der Waals surface area contributed by atoms with Gasteiger partial charge in [0, 0.05) is 22.9 Å². The molecule has 19 heavy (non-hydrogen) atoms. The molecule has 2 rings (SSSR count). The molecule has 1 aliphatic rings. The highest BCUT2D eigenvalue weighted by molar-refractivity contribution is 6.34. The van der Waals surface area contributed by atoms with Crippen molar-refractivity contribution in [1.82, 2.24) is 0 Å². The minimum Gasteiger partial charge on any atom is -0.467 e. The van der Waals surface area contributed by atoms with E-state index in [0.717, 1.165) is 12.1 Å². The van der Waals surface area contributed by atoms with Crippen LogP contribution in [0.2, 0.25) is 10.0 Å². The Bertz CT molecular complexity index is 420. The first-order valence-electron chi connectivity index (χ1n) is 5.79. The van der Waals surface area contributed by atoms with E-state index in [4.69, 9.17) is 28.0 Å². The third-order valence-corrected chi connectivity index (χ3v) is 2.72. The topological polar surface area (TPSA) is 47.9 Å². The summed E-state index contributed by atoms with van der Waals surface area (Å²) in [4.78, 5) is 14.7. The maximum absolute atomic E-state index is 9.75. The van der Waals surface area contributed by atoms with Gasteiger partial charge < -0.3 is 9.57 Å². The lowest BCUT2D eigenvalue weighted by molar-refractivity contribution is -0.128. The zero-order chi connectivity index (χ0) is 14.1. The standard InChI is InChI=1S/C7H11NO3.C6H4Cl2/c1-6-4-7(8-11-6)2-3-10-5-9;7-5-2-1-3-6(8)4-5/h5-6H,2-4H2,1H3;1-4H. The molecule has 104 valence electrons. The molecule has 1 unspecified atom stereocenters. The van der Waals surface area contributed by atoms with Crippen molar-refractivity contribution >= 4 is 35.4 Å². The largest absolute Gasteiger partial charge is 0.467 e. The number of carbonyl (C=O) groups excluding carboxylic acids is 1. The predicted molar refractivity (Wildman–Crippen MR) is 75.7 cm³/mol. The Balaban J connectivity index is 0.000000200. The average molecular weight is 304 g/mol. The molecule has 1 aromatic carbocycles. The van der Waals surface area contributed by atoms with Crippen LogP contribution in [0, 0.1) is 0 Å². The van der Waals surface area contributed by atoms with Gasteiger partial charge in [0.25, 0.3) is 6.47 Å². The van der Waals surface area contributed by atoms with E-state index in [-0.39, 0.29) is 6.10 Å². The van der Waals surface area contributed by atoms with Gasteiger partial charge in [-0.3, -0.25) is 4.79 Å². The Kier molecular flexibility index (Phi) is 7.30. The molecule has 0 saturated heterocycles. The maximum atomic E-state index is 9.75. The summed E-state index contributed by atoms with van der Waals surface area (Å²) in [5.74, 6) is 0. The molecular weight excluding hydrogens is 289 g/mol. The van der Waals surface area contributed by atoms with Crippen LogP contribution in [0.5, 0.6) is 0 Å². The fourth-order valence-corrected chi connectivity index (χ4v) is 1.84. The molecule has 0 aromatic heterocycles. The molecule has 0 aliphatic carbocycles. The van der Waals surface area contributed by atoms with Crippen LogP contribution >= 0.6 is 23.2 Å². The number of halogens is 2. The van der Waals surface area contributed by atoms with Crippen LogP contribution in [0.25, 0.3) is 0 Å². The van der Waals surface area contributed by atoms with Gasteiger partial charge in [0.2, 0.25) is 0 Å². The van der Waals surface area contributed by atoms with Crippen LogP contribution < -0.4 is 0 Å². The van der Waals surface area contributed by atoms with E-state index >= 15 is 0 Å². The van der Waals surface area contributed by atoms with Crippen LogP contribution in [-0.4, -0.2) is 24.9 Å². The zero-order valence-corrected chi connectivity index (χ0v) is 12.0. The molecule has 1 atom stereocenters. The molecule has 0 spiro atoms. The van der Waals surface area contributed by atoms with Crippen molar-refractivity contribution in [3.8, 4) is 0 Å². The Morgan fingerprint density at radius 1 is 1.47 bits per heavy atom. The zero-order valence-electron chi connectivity index (χ0n) is 10.5. The number of rotatable bonds is 4. The number of hydrogen-bond acceptors (Lipinski definition) is 4. The van der Waals surface area contributed by atoms with Gasteiger partial charge >= 0.3 is 0 Å². The first-order chi connectivity index (χ1) is 9.11. The number of nitrogens with zero attached hydrogens (tertiary/aromatic N) is 1. The van der Waals surface area contributed by atoms with Gasteiger partial charge in [-0.05, 0) is 25.1 Å². The van der Waals surface area contributed by atoms with E-state index < -0.39 is 0 Å². The molecule has 0 N–H and O–H groups in total. The van der Waals surface area contributed by atoms with E-state index in [1.54, 1.807) is 18.2 Å². The average Bonchev–Trinajstić information content (AvgIpc) is 2.76. The van der Waals surface area contributed by atoms with Gasteiger partial charge in [-0.1, -0.05) is 34.4 Å². The van der Waals surface area contributed by atoms with Gasteiger partial charge in [-0.2, -0.15) is 0 Å². The highest BCUT2D eigenvalue weighted by Gasteiger charge is 2.15. The second-order valence-corrected chi connectivity index (χ2v) is 4.81. The molecule has 1 aliphatic heterocycles.